The maximum Gasteiger partial charge on any atom is 0.155 e. The summed E-state index contributed by atoms with van der Waals surface area (Å²) in [6.07, 6.45) is 0. The molecule has 0 amide bonds. The minimum absolute atomic E-state index is 0.613. The first-order chi connectivity index (χ1) is 6.24. The minimum Gasteiger partial charge on any atom is -0.494 e. The summed E-state index contributed by atoms with van der Waals surface area (Å²) < 4.78 is 6.27. The van der Waals surface area contributed by atoms with Crippen molar-refractivity contribution in [2.24, 2.45) is 0 Å². The molecule has 2 rings (SSSR count). The van der Waals surface area contributed by atoms with Crippen molar-refractivity contribution in [1.82, 2.24) is 0 Å². The van der Waals surface area contributed by atoms with Gasteiger partial charge in [-0.3, -0.25) is 0 Å². The highest BCUT2D eigenvalue weighted by molar-refractivity contribution is 7.80. The highest BCUT2D eigenvalue weighted by Gasteiger charge is 2.10. The molecule has 2 aromatic rings. The highest BCUT2D eigenvalue weighted by Crippen LogP contribution is 2.40. The van der Waals surface area contributed by atoms with E-state index >= 15 is 0 Å². The quantitative estimate of drug-likeness (QED) is 0.733. The van der Waals surface area contributed by atoms with Crippen molar-refractivity contribution >= 4 is 45.7 Å². The maximum absolute atomic E-state index is 6.00. The summed E-state index contributed by atoms with van der Waals surface area (Å²) in [5, 5.41) is 3.71. The normalized spacial score (nSPS) is 10.7. The van der Waals surface area contributed by atoms with Crippen LogP contribution in [-0.4, -0.2) is 7.11 Å². The Kier molecular flexibility index (Phi) is 2.41. The van der Waals surface area contributed by atoms with E-state index in [1.165, 1.54) is 0 Å². The fraction of sp³-hybridized carbons (Fsp3) is 0.111. The fourth-order valence-electron chi connectivity index (χ4n) is 1.25. The Morgan fingerprint density at radius 2 is 2.31 bits per heavy atom. The smallest absolute Gasteiger partial charge is 0.155 e. The van der Waals surface area contributed by atoms with Gasteiger partial charge in [-0.2, -0.15) is 0 Å². The molecular weight excluding hydrogens is 224 g/mol. The molecule has 68 valence electrons. The van der Waals surface area contributed by atoms with E-state index < -0.39 is 0 Å². The molecule has 0 spiro atoms. The Morgan fingerprint density at radius 1 is 1.54 bits per heavy atom. The van der Waals surface area contributed by atoms with Gasteiger partial charge in [0.25, 0.3) is 0 Å². The van der Waals surface area contributed by atoms with Crippen LogP contribution in [0.1, 0.15) is 0 Å². The van der Waals surface area contributed by atoms with E-state index in [2.05, 4.69) is 12.6 Å². The highest BCUT2D eigenvalue weighted by atomic mass is 35.5. The van der Waals surface area contributed by atoms with Gasteiger partial charge < -0.3 is 4.74 Å². The second-order valence-electron chi connectivity index (χ2n) is 2.57. The predicted octanol–water partition coefficient (Wildman–Crippen LogP) is 3.85. The molecule has 0 unspecified atom stereocenters. The zero-order valence-corrected chi connectivity index (χ0v) is 9.34. The van der Waals surface area contributed by atoms with Gasteiger partial charge in [0.1, 0.15) is 0 Å². The number of fused-ring (bicyclic) bond motifs is 1. The van der Waals surface area contributed by atoms with Gasteiger partial charge in [-0.25, -0.2) is 0 Å². The molecule has 0 aliphatic heterocycles. The van der Waals surface area contributed by atoms with Crippen LogP contribution in [0.15, 0.2) is 22.4 Å². The van der Waals surface area contributed by atoms with Crippen LogP contribution < -0.4 is 4.74 Å². The lowest BCUT2D eigenvalue weighted by atomic mass is 10.2. The summed E-state index contributed by atoms with van der Waals surface area (Å²) in [5.41, 5.74) is 0. The van der Waals surface area contributed by atoms with E-state index in [1.807, 2.05) is 11.4 Å². The SMILES string of the molecule is COc1c(Cl)cc(S)c2ccsc12. The number of thiol groups is 1. The topological polar surface area (TPSA) is 9.23 Å². The molecule has 0 N–H and O–H groups in total. The van der Waals surface area contributed by atoms with Crippen molar-refractivity contribution in [1.29, 1.82) is 0 Å². The second kappa shape index (κ2) is 3.40. The van der Waals surface area contributed by atoms with Gasteiger partial charge in [-0.05, 0) is 17.5 Å². The van der Waals surface area contributed by atoms with Crippen molar-refractivity contribution in [3.8, 4) is 5.75 Å². The minimum atomic E-state index is 0.613. The van der Waals surface area contributed by atoms with Gasteiger partial charge >= 0.3 is 0 Å². The maximum atomic E-state index is 6.00. The molecule has 0 radical (unpaired) electrons. The van der Waals surface area contributed by atoms with Crippen molar-refractivity contribution in [3.63, 3.8) is 0 Å². The first-order valence-corrected chi connectivity index (χ1v) is 5.37. The van der Waals surface area contributed by atoms with Gasteiger partial charge in [-0.1, -0.05) is 11.6 Å². The summed E-state index contributed by atoms with van der Waals surface area (Å²) in [4.78, 5) is 0.891. The van der Waals surface area contributed by atoms with E-state index in [0.717, 1.165) is 20.7 Å². The summed E-state index contributed by atoms with van der Waals surface area (Å²) in [6.45, 7) is 0. The predicted molar refractivity (Wildman–Crippen MR) is 60.6 cm³/mol. The van der Waals surface area contributed by atoms with Crippen LogP contribution in [0.3, 0.4) is 0 Å². The lowest BCUT2D eigenvalue weighted by Crippen LogP contribution is -1.84. The number of ether oxygens (including phenoxy) is 1. The number of hydrogen-bond acceptors (Lipinski definition) is 3. The molecule has 1 nitrogen and oxygen atoms in total. The van der Waals surface area contributed by atoms with Crippen LogP contribution in [-0.2, 0) is 0 Å². The molecule has 1 aromatic heterocycles. The van der Waals surface area contributed by atoms with Gasteiger partial charge in [0.2, 0.25) is 0 Å². The third-order valence-corrected chi connectivity index (χ3v) is 3.40. The molecule has 4 heteroatoms. The Bertz CT molecular complexity index is 450. The summed E-state index contributed by atoms with van der Waals surface area (Å²) in [7, 11) is 1.62. The van der Waals surface area contributed by atoms with Crippen LogP contribution in [0.2, 0.25) is 5.02 Å². The van der Waals surface area contributed by atoms with Crippen LogP contribution in [0.4, 0.5) is 0 Å². The number of benzene rings is 1. The molecule has 0 atom stereocenters. The van der Waals surface area contributed by atoms with Crippen LogP contribution >= 0.6 is 35.6 Å². The standard InChI is InChI=1S/C9H7ClOS2/c1-11-8-6(10)4-7(12)5-2-3-13-9(5)8/h2-4,12H,1H3. The monoisotopic (exact) mass is 230 g/mol. The molecule has 1 heterocycles. The first-order valence-electron chi connectivity index (χ1n) is 3.66. The van der Waals surface area contributed by atoms with Crippen molar-refractivity contribution in [2.75, 3.05) is 7.11 Å². The van der Waals surface area contributed by atoms with Gasteiger partial charge in [0.05, 0.1) is 16.8 Å². The average molecular weight is 231 g/mol. The molecule has 1 aromatic carbocycles. The summed E-state index contributed by atoms with van der Waals surface area (Å²) >= 11 is 11.9. The second-order valence-corrected chi connectivity index (χ2v) is 4.38. The average Bonchev–Trinajstić information content (AvgIpc) is 2.53. The van der Waals surface area contributed by atoms with Crippen LogP contribution in [0.25, 0.3) is 10.1 Å². The molecule has 0 saturated heterocycles. The molecule has 0 saturated carbocycles. The summed E-state index contributed by atoms with van der Waals surface area (Å²) in [5.74, 6) is 0.740. The van der Waals surface area contributed by atoms with E-state index in [4.69, 9.17) is 16.3 Å². The van der Waals surface area contributed by atoms with Gasteiger partial charge in [-0.15, -0.1) is 24.0 Å². The lowest BCUT2D eigenvalue weighted by molar-refractivity contribution is 0.420. The zero-order chi connectivity index (χ0) is 9.42. The zero-order valence-electron chi connectivity index (χ0n) is 6.87. The summed E-state index contributed by atoms with van der Waals surface area (Å²) in [6, 6.07) is 3.82. The van der Waals surface area contributed by atoms with Crippen molar-refractivity contribution in [2.45, 2.75) is 4.90 Å². The number of methoxy groups -OCH3 is 1. The third-order valence-electron chi connectivity index (χ3n) is 1.83. The van der Waals surface area contributed by atoms with Crippen LogP contribution in [0, 0.1) is 0 Å². The molecule has 0 fully saturated rings. The third kappa shape index (κ3) is 1.41. The van der Waals surface area contributed by atoms with Gasteiger partial charge in [0, 0.05) is 10.3 Å². The molecule has 13 heavy (non-hydrogen) atoms. The molecule has 0 aliphatic carbocycles. The Labute approximate surface area is 90.7 Å². The Balaban J connectivity index is 2.88. The Morgan fingerprint density at radius 3 is 3.00 bits per heavy atom. The van der Waals surface area contributed by atoms with Crippen molar-refractivity contribution < 1.29 is 4.74 Å². The Hall–Kier alpha value is -0.380. The van der Waals surface area contributed by atoms with E-state index in [1.54, 1.807) is 24.5 Å². The number of rotatable bonds is 1. The van der Waals surface area contributed by atoms with E-state index in [0.29, 0.717) is 5.02 Å². The molecule has 0 aliphatic rings. The number of hydrogen-bond donors (Lipinski definition) is 1. The molecule has 0 bridgehead atoms. The molecular formula is C9H7ClOS2. The fourth-order valence-corrected chi connectivity index (χ4v) is 3.00. The largest absolute Gasteiger partial charge is 0.494 e. The van der Waals surface area contributed by atoms with Crippen LogP contribution in [0.5, 0.6) is 5.75 Å². The van der Waals surface area contributed by atoms with Crippen molar-refractivity contribution in [3.05, 3.63) is 22.5 Å². The van der Waals surface area contributed by atoms with Gasteiger partial charge in [0.15, 0.2) is 5.75 Å². The van der Waals surface area contributed by atoms with E-state index in [-0.39, 0.29) is 0 Å². The number of thiophene rings is 1. The first kappa shape index (κ1) is 9.19. The lowest BCUT2D eigenvalue weighted by Gasteiger charge is -2.05. The number of halogens is 1. The van der Waals surface area contributed by atoms with E-state index in [9.17, 15) is 0 Å².